The van der Waals surface area contributed by atoms with E-state index in [0.717, 1.165) is 40.7 Å². The highest BCUT2D eigenvalue weighted by molar-refractivity contribution is 5.96. The van der Waals surface area contributed by atoms with E-state index in [1.54, 1.807) is 7.11 Å². The Kier molecular flexibility index (Phi) is 3.99. The molecule has 0 saturated carbocycles. The highest BCUT2D eigenvalue weighted by atomic mass is 16.5. The molecule has 0 amide bonds. The van der Waals surface area contributed by atoms with Gasteiger partial charge in [0.05, 0.1) is 18.3 Å². The minimum Gasteiger partial charge on any atom is -0.497 e. The fraction of sp³-hybridized carbons (Fsp3) is 0.238. The molecular formula is C21H20N2O. The summed E-state index contributed by atoms with van der Waals surface area (Å²) in [6, 6.07) is 16.3. The maximum atomic E-state index is 5.40. The smallest absolute Gasteiger partial charge is 0.119 e. The average Bonchev–Trinajstić information content (AvgIpc) is 2.65. The van der Waals surface area contributed by atoms with Gasteiger partial charge in [-0.15, -0.1) is 0 Å². The molecule has 3 aromatic rings. The lowest BCUT2D eigenvalue weighted by atomic mass is 9.93. The van der Waals surface area contributed by atoms with Crippen LogP contribution in [0.15, 0.2) is 53.5 Å². The second kappa shape index (κ2) is 6.44. The van der Waals surface area contributed by atoms with Crippen LogP contribution in [-0.4, -0.2) is 18.3 Å². The molecule has 0 unspecified atom stereocenters. The number of hydrogen-bond acceptors (Lipinski definition) is 3. The number of pyridine rings is 1. The summed E-state index contributed by atoms with van der Waals surface area (Å²) >= 11 is 0. The zero-order chi connectivity index (χ0) is 16.4. The van der Waals surface area contributed by atoms with Crippen LogP contribution < -0.4 is 4.74 Å². The number of rotatable bonds is 3. The molecule has 1 aromatic heterocycles. The Hall–Kier alpha value is -2.68. The number of nitrogens with zero attached hydrogens (tertiary/aromatic N) is 2. The molecular weight excluding hydrogens is 296 g/mol. The molecule has 1 aliphatic rings. The zero-order valence-corrected chi connectivity index (χ0v) is 13.8. The van der Waals surface area contributed by atoms with Gasteiger partial charge in [0, 0.05) is 17.3 Å². The number of benzene rings is 2. The lowest BCUT2D eigenvalue weighted by Crippen LogP contribution is -2.06. The number of fused-ring (bicyclic) bond motifs is 2. The van der Waals surface area contributed by atoms with Crippen molar-refractivity contribution < 1.29 is 4.74 Å². The highest BCUT2D eigenvalue weighted by Gasteiger charge is 2.18. The van der Waals surface area contributed by atoms with Crippen LogP contribution in [0.4, 0.5) is 5.69 Å². The first-order valence-corrected chi connectivity index (χ1v) is 8.44. The maximum Gasteiger partial charge on any atom is 0.119 e. The van der Waals surface area contributed by atoms with Crippen LogP contribution in [0.25, 0.3) is 10.9 Å². The lowest BCUT2D eigenvalue weighted by molar-refractivity contribution is 0.415. The van der Waals surface area contributed by atoms with Crippen LogP contribution >= 0.6 is 0 Å². The third-order valence-corrected chi connectivity index (χ3v) is 4.58. The van der Waals surface area contributed by atoms with Gasteiger partial charge in [-0.05, 0) is 55.0 Å². The summed E-state index contributed by atoms with van der Waals surface area (Å²) in [4.78, 5) is 9.75. The van der Waals surface area contributed by atoms with Gasteiger partial charge in [-0.1, -0.05) is 30.3 Å². The molecule has 1 heterocycles. The van der Waals surface area contributed by atoms with E-state index in [-0.39, 0.29) is 0 Å². The van der Waals surface area contributed by atoms with E-state index in [1.165, 1.54) is 24.1 Å². The molecule has 120 valence electrons. The Balaban J connectivity index is 1.91. The maximum absolute atomic E-state index is 5.40. The van der Waals surface area contributed by atoms with Gasteiger partial charge in [-0.2, -0.15) is 0 Å². The minimum absolute atomic E-state index is 0.844. The van der Waals surface area contributed by atoms with Gasteiger partial charge in [-0.25, -0.2) is 0 Å². The molecule has 0 aliphatic heterocycles. The van der Waals surface area contributed by atoms with E-state index in [2.05, 4.69) is 18.2 Å². The predicted octanol–water partition coefficient (Wildman–Crippen LogP) is 4.87. The van der Waals surface area contributed by atoms with Gasteiger partial charge in [-0.3, -0.25) is 9.98 Å². The molecule has 0 bridgehead atoms. The van der Waals surface area contributed by atoms with Crippen LogP contribution in [-0.2, 0) is 12.8 Å². The lowest BCUT2D eigenvalue weighted by Gasteiger charge is -2.19. The summed E-state index contributed by atoms with van der Waals surface area (Å²) in [5.74, 6) is 0.844. The van der Waals surface area contributed by atoms with Crippen LogP contribution in [0, 0.1) is 0 Å². The molecule has 0 radical (unpaired) electrons. The summed E-state index contributed by atoms with van der Waals surface area (Å²) in [5.41, 5.74) is 5.66. The number of methoxy groups -OCH3 is 1. The largest absolute Gasteiger partial charge is 0.497 e. The molecule has 3 heteroatoms. The molecule has 4 rings (SSSR count). The summed E-state index contributed by atoms with van der Waals surface area (Å²) < 4.78 is 5.40. The molecule has 0 N–H and O–H groups in total. The summed E-state index contributed by atoms with van der Waals surface area (Å²) in [7, 11) is 1.69. The topological polar surface area (TPSA) is 34.5 Å². The minimum atomic E-state index is 0.844. The number of ether oxygens (including phenoxy) is 1. The fourth-order valence-electron chi connectivity index (χ4n) is 3.33. The molecule has 24 heavy (non-hydrogen) atoms. The second-order valence-corrected chi connectivity index (χ2v) is 6.14. The molecule has 0 atom stereocenters. The van der Waals surface area contributed by atoms with Crippen molar-refractivity contribution in [2.24, 2.45) is 4.99 Å². The van der Waals surface area contributed by atoms with Crippen molar-refractivity contribution >= 4 is 22.8 Å². The number of aromatic nitrogens is 1. The Morgan fingerprint density at radius 2 is 1.88 bits per heavy atom. The zero-order valence-electron chi connectivity index (χ0n) is 13.8. The Morgan fingerprint density at radius 3 is 2.71 bits per heavy atom. The van der Waals surface area contributed by atoms with Gasteiger partial charge in [0.2, 0.25) is 0 Å². The van der Waals surface area contributed by atoms with Crippen molar-refractivity contribution in [3.63, 3.8) is 0 Å². The van der Waals surface area contributed by atoms with E-state index in [1.807, 2.05) is 36.5 Å². The monoisotopic (exact) mass is 316 g/mol. The quantitative estimate of drug-likeness (QED) is 0.646. The van der Waals surface area contributed by atoms with Gasteiger partial charge in [0.25, 0.3) is 0 Å². The van der Waals surface area contributed by atoms with Crippen molar-refractivity contribution in [1.82, 2.24) is 4.98 Å². The first-order valence-electron chi connectivity index (χ1n) is 8.44. The van der Waals surface area contributed by atoms with Crippen molar-refractivity contribution in [2.75, 3.05) is 7.11 Å². The van der Waals surface area contributed by atoms with Crippen molar-refractivity contribution in [2.45, 2.75) is 25.7 Å². The van der Waals surface area contributed by atoms with E-state index in [9.17, 15) is 0 Å². The first kappa shape index (κ1) is 14.9. The van der Waals surface area contributed by atoms with Gasteiger partial charge >= 0.3 is 0 Å². The molecule has 0 fully saturated rings. The standard InChI is InChI=1S/C21H20N2O/c1-24-16-11-12-20-18(13-16)21(17-9-5-6-10-19(17)23-20)22-14-15-7-3-2-4-8-15/h2-4,7-8,11-14H,5-6,9-10H2,1H3/b22-14+. The molecule has 0 saturated heterocycles. The van der Waals surface area contributed by atoms with Crippen LogP contribution in [0.5, 0.6) is 5.75 Å². The van der Waals surface area contributed by atoms with Crippen molar-refractivity contribution in [1.29, 1.82) is 0 Å². The third-order valence-electron chi connectivity index (χ3n) is 4.58. The summed E-state index contributed by atoms with van der Waals surface area (Å²) in [5, 5.41) is 1.07. The Bertz CT molecular complexity index is 901. The number of aliphatic imine (C=N–C) groups is 1. The third kappa shape index (κ3) is 2.78. The van der Waals surface area contributed by atoms with Crippen molar-refractivity contribution in [3.05, 3.63) is 65.4 Å². The highest BCUT2D eigenvalue weighted by Crippen LogP contribution is 2.36. The van der Waals surface area contributed by atoms with E-state index < -0.39 is 0 Å². The predicted molar refractivity (Wildman–Crippen MR) is 98.6 cm³/mol. The Labute approximate surface area is 142 Å². The normalized spacial score (nSPS) is 14.0. The summed E-state index contributed by atoms with van der Waals surface area (Å²) in [6.45, 7) is 0. The van der Waals surface area contributed by atoms with E-state index in [0.29, 0.717) is 0 Å². The number of hydrogen-bond donors (Lipinski definition) is 0. The van der Waals surface area contributed by atoms with Crippen LogP contribution in [0.3, 0.4) is 0 Å². The van der Waals surface area contributed by atoms with E-state index >= 15 is 0 Å². The fourth-order valence-corrected chi connectivity index (χ4v) is 3.33. The SMILES string of the molecule is COc1ccc2nc3c(c(/N=C/c4ccccc4)c2c1)CCCC3. The molecule has 2 aromatic carbocycles. The second-order valence-electron chi connectivity index (χ2n) is 6.14. The molecule has 0 spiro atoms. The average molecular weight is 316 g/mol. The number of aryl methyl sites for hydroxylation is 1. The first-order chi connectivity index (χ1) is 11.8. The summed E-state index contributed by atoms with van der Waals surface area (Å²) in [6.07, 6.45) is 6.47. The molecule has 3 nitrogen and oxygen atoms in total. The van der Waals surface area contributed by atoms with Gasteiger partial charge in [0.15, 0.2) is 0 Å². The van der Waals surface area contributed by atoms with Crippen molar-refractivity contribution in [3.8, 4) is 5.75 Å². The van der Waals surface area contributed by atoms with Gasteiger partial charge in [0.1, 0.15) is 5.75 Å². The van der Waals surface area contributed by atoms with Gasteiger partial charge < -0.3 is 4.74 Å². The van der Waals surface area contributed by atoms with Crippen LogP contribution in [0.1, 0.15) is 29.7 Å². The Morgan fingerprint density at radius 1 is 1.04 bits per heavy atom. The molecule has 1 aliphatic carbocycles. The van der Waals surface area contributed by atoms with E-state index in [4.69, 9.17) is 14.7 Å². The van der Waals surface area contributed by atoms with Crippen LogP contribution in [0.2, 0.25) is 0 Å².